The average molecular weight is 329 g/mol. The van der Waals surface area contributed by atoms with E-state index in [1.807, 2.05) is 6.20 Å². The Morgan fingerprint density at radius 3 is 2.68 bits per heavy atom. The number of pyridine rings is 2. The van der Waals surface area contributed by atoms with Gasteiger partial charge in [-0.1, -0.05) is 39.0 Å². The SMILES string of the molecule is CCc1cc[n+](C)c(-c2c(C)ccc3c2C(C)(C)c2cccnc2-3)c1. The Kier molecular flexibility index (Phi) is 3.54. The maximum absolute atomic E-state index is 4.71. The molecule has 1 aliphatic carbocycles. The highest BCUT2D eigenvalue weighted by Gasteiger charge is 2.40. The fraction of sp³-hybridized carbons (Fsp3) is 0.304. The van der Waals surface area contributed by atoms with Gasteiger partial charge in [-0.15, -0.1) is 0 Å². The number of aromatic nitrogens is 2. The van der Waals surface area contributed by atoms with Gasteiger partial charge in [-0.2, -0.15) is 0 Å². The first kappa shape index (κ1) is 16.0. The van der Waals surface area contributed by atoms with Crippen LogP contribution in [0.1, 0.15) is 43.0 Å². The molecule has 2 heteroatoms. The van der Waals surface area contributed by atoms with E-state index < -0.39 is 0 Å². The maximum atomic E-state index is 4.71. The molecule has 0 aliphatic heterocycles. The van der Waals surface area contributed by atoms with Crippen LogP contribution in [0, 0.1) is 6.92 Å². The fourth-order valence-corrected chi connectivity index (χ4v) is 4.22. The zero-order valence-corrected chi connectivity index (χ0v) is 15.7. The molecule has 2 aromatic heterocycles. The normalized spacial score (nSPS) is 14.3. The van der Waals surface area contributed by atoms with Gasteiger partial charge in [0.25, 0.3) is 0 Å². The van der Waals surface area contributed by atoms with Crippen molar-refractivity contribution in [2.45, 2.75) is 39.5 Å². The average Bonchev–Trinajstić information content (AvgIpc) is 2.84. The van der Waals surface area contributed by atoms with Gasteiger partial charge in [-0.05, 0) is 41.7 Å². The fourth-order valence-electron chi connectivity index (χ4n) is 4.22. The minimum Gasteiger partial charge on any atom is -0.256 e. The van der Waals surface area contributed by atoms with E-state index in [2.05, 4.69) is 81.9 Å². The summed E-state index contributed by atoms with van der Waals surface area (Å²) in [4.78, 5) is 4.71. The monoisotopic (exact) mass is 329 g/mol. The van der Waals surface area contributed by atoms with E-state index in [4.69, 9.17) is 4.98 Å². The van der Waals surface area contributed by atoms with Crippen LogP contribution < -0.4 is 4.57 Å². The second-order valence-corrected chi connectivity index (χ2v) is 7.59. The highest BCUT2D eigenvalue weighted by molar-refractivity contribution is 5.86. The molecule has 0 saturated carbocycles. The van der Waals surface area contributed by atoms with Crippen LogP contribution in [-0.4, -0.2) is 4.98 Å². The van der Waals surface area contributed by atoms with Crippen molar-refractivity contribution in [1.29, 1.82) is 0 Å². The summed E-state index contributed by atoms with van der Waals surface area (Å²) in [7, 11) is 2.14. The van der Waals surface area contributed by atoms with Crippen LogP contribution in [0.4, 0.5) is 0 Å². The summed E-state index contributed by atoms with van der Waals surface area (Å²) in [5.41, 5.74) is 10.4. The minimum absolute atomic E-state index is 0.0461. The molecule has 3 aromatic rings. The van der Waals surface area contributed by atoms with E-state index in [1.165, 1.54) is 39.1 Å². The van der Waals surface area contributed by atoms with Crippen molar-refractivity contribution in [3.63, 3.8) is 0 Å². The topological polar surface area (TPSA) is 16.8 Å². The molecule has 0 radical (unpaired) electrons. The Morgan fingerprint density at radius 2 is 1.92 bits per heavy atom. The third-order valence-corrected chi connectivity index (χ3v) is 5.65. The predicted molar refractivity (Wildman–Crippen MR) is 103 cm³/mol. The van der Waals surface area contributed by atoms with Crippen LogP contribution in [0.3, 0.4) is 0 Å². The van der Waals surface area contributed by atoms with Crippen molar-refractivity contribution in [3.8, 4) is 22.5 Å². The van der Waals surface area contributed by atoms with Crippen molar-refractivity contribution in [2.75, 3.05) is 0 Å². The van der Waals surface area contributed by atoms with Crippen LogP contribution in [0.15, 0.2) is 48.8 Å². The minimum atomic E-state index is -0.0461. The predicted octanol–water partition coefficient (Wildman–Crippen LogP) is 4.75. The molecule has 126 valence electrons. The maximum Gasteiger partial charge on any atom is 0.213 e. The summed E-state index contributed by atoms with van der Waals surface area (Å²) >= 11 is 0. The van der Waals surface area contributed by atoms with Crippen molar-refractivity contribution < 1.29 is 4.57 Å². The Hall–Kier alpha value is -2.48. The smallest absolute Gasteiger partial charge is 0.213 e. The molecule has 0 spiro atoms. The lowest BCUT2D eigenvalue weighted by molar-refractivity contribution is -0.660. The molecule has 25 heavy (non-hydrogen) atoms. The second-order valence-electron chi connectivity index (χ2n) is 7.59. The van der Waals surface area contributed by atoms with E-state index in [1.54, 1.807) is 0 Å². The first-order valence-electron chi connectivity index (χ1n) is 9.04. The number of nitrogens with zero attached hydrogens (tertiary/aromatic N) is 2. The zero-order chi connectivity index (χ0) is 17.8. The van der Waals surface area contributed by atoms with Crippen molar-refractivity contribution in [1.82, 2.24) is 4.98 Å². The summed E-state index contributed by atoms with van der Waals surface area (Å²) in [5, 5.41) is 0. The summed E-state index contributed by atoms with van der Waals surface area (Å²) < 4.78 is 2.24. The van der Waals surface area contributed by atoms with Crippen LogP contribution in [0.5, 0.6) is 0 Å². The molecule has 0 unspecified atom stereocenters. The van der Waals surface area contributed by atoms with Crippen LogP contribution in [0.25, 0.3) is 22.5 Å². The van der Waals surface area contributed by atoms with E-state index >= 15 is 0 Å². The van der Waals surface area contributed by atoms with Crippen molar-refractivity contribution >= 4 is 0 Å². The van der Waals surface area contributed by atoms with Gasteiger partial charge >= 0.3 is 0 Å². The van der Waals surface area contributed by atoms with Gasteiger partial charge in [0.1, 0.15) is 7.05 Å². The zero-order valence-electron chi connectivity index (χ0n) is 15.7. The second kappa shape index (κ2) is 5.52. The summed E-state index contributed by atoms with van der Waals surface area (Å²) in [6, 6.07) is 13.3. The third kappa shape index (κ3) is 2.24. The summed E-state index contributed by atoms with van der Waals surface area (Å²) in [6.45, 7) is 9.09. The standard InChI is InChI=1S/C23H25N2/c1-6-16-11-13-25(5)19(14-16)20-15(2)9-10-17-21(20)23(3,4)18-8-7-12-24-22(17)18/h7-14H,6H2,1-5H3/q+1. The Labute approximate surface area is 150 Å². The van der Waals surface area contributed by atoms with Gasteiger partial charge in [-0.3, -0.25) is 4.98 Å². The lowest BCUT2D eigenvalue weighted by Crippen LogP contribution is -2.32. The molecule has 0 atom stereocenters. The van der Waals surface area contributed by atoms with Crippen LogP contribution in [0.2, 0.25) is 0 Å². The molecular formula is C23H25N2+. The number of hydrogen-bond acceptors (Lipinski definition) is 1. The summed E-state index contributed by atoms with van der Waals surface area (Å²) in [6.07, 6.45) is 5.13. The highest BCUT2D eigenvalue weighted by Crippen LogP contribution is 2.51. The Morgan fingerprint density at radius 1 is 1.12 bits per heavy atom. The largest absolute Gasteiger partial charge is 0.256 e. The van der Waals surface area contributed by atoms with E-state index in [0.29, 0.717) is 0 Å². The molecule has 0 N–H and O–H groups in total. The molecule has 0 amide bonds. The van der Waals surface area contributed by atoms with Gasteiger partial charge in [0, 0.05) is 29.3 Å². The third-order valence-electron chi connectivity index (χ3n) is 5.65. The lowest BCUT2D eigenvalue weighted by Gasteiger charge is -2.24. The molecule has 1 aliphatic rings. The number of benzene rings is 1. The van der Waals surface area contributed by atoms with Crippen molar-refractivity contribution in [2.24, 2.45) is 7.05 Å². The number of aryl methyl sites for hydroxylation is 3. The molecule has 4 rings (SSSR count). The molecule has 2 nitrogen and oxygen atoms in total. The number of rotatable bonds is 2. The molecule has 1 aromatic carbocycles. The molecule has 0 fully saturated rings. The molecule has 0 bridgehead atoms. The van der Waals surface area contributed by atoms with E-state index in [-0.39, 0.29) is 5.41 Å². The van der Waals surface area contributed by atoms with E-state index in [0.717, 1.165) is 12.1 Å². The quantitative estimate of drug-likeness (QED) is 0.620. The number of hydrogen-bond donors (Lipinski definition) is 0. The Bertz CT molecular complexity index is 983. The number of fused-ring (bicyclic) bond motifs is 3. The van der Waals surface area contributed by atoms with E-state index in [9.17, 15) is 0 Å². The lowest BCUT2D eigenvalue weighted by atomic mass is 9.78. The van der Waals surface area contributed by atoms with Gasteiger partial charge in [0.05, 0.1) is 11.3 Å². The summed E-state index contributed by atoms with van der Waals surface area (Å²) in [5.74, 6) is 0. The highest BCUT2D eigenvalue weighted by atomic mass is 14.9. The van der Waals surface area contributed by atoms with Gasteiger partial charge in [0.15, 0.2) is 6.20 Å². The Balaban J connectivity index is 2.09. The van der Waals surface area contributed by atoms with Crippen LogP contribution >= 0.6 is 0 Å². The van der Waals surface area contributed by atoms with Gasteiger partial charge in [-0.25, -0.2) is 4.57 Å². The van der Waals surface area contributed by atoms with Gasteiger partial charge < -0.3 is 0 Å². The molecule has 0 saturated heterocycles. The first-order valence-corrected chi connectivity index (χ1v) is 9.04. The molecule has 2 heterocycles. The van der Waals surface area contributed by atoms with Crippen LogP contribution in [-0.2, 0) is 18.9 Å². The van der Waals surface area contributed by atoms with Crippen molar-refractivity contribution in [3.05, 3.63) is 71.0 Å². The molecular weight excluding hydrogens is 304 g/mol. The van der Waals surface area contributed by atoms with Gasteiger partial charge in [0.2, 0.25) is 5.69 Å². The first-order chi connectivity index (χ1) is 11.9.